The molecule has 0 unspecified atom stereocenters. The Bertz CT molecular complexity index is 336. The van der Waals surface area contributed by atoms with Gasteiger partial charge in [-0.05, 0) is 13.0 Å². The lowest BCUT2D eigenvalue weighted by atomic mass is 10.1. The van der Waals surface area contributed by atoms with Crippen molar-refractivity contribution in [2.75, 3.05) is 7.11 Å². The average molecular weight is 218 g/mol. The fourth-order valence-electron chi connectivity index (χ4n) is 0.969. The van der Waals surface area contributed by atoms with Gasteiger partial charge in [0.2, 0.25) is 0 Å². The summed E-state index contributed by atoms with van der Waals surface area (Å²) in [7, 11) is 1.49. The maximum Gasteiger partial charge on any atom is 0.106 e. The first-order valence-electron chi connectivity index (χ1n) is 3.69. The van der Waals surface area contributed by atoms with E-state index in [0.29, 0.717) is 15.8 Å². The highest BCUT2D eigenvalue weighted by Gasteiger charge is 2.06. The Kier molecular flexibility index (Phi) is 3.58. The van der Waals surface area contributed by atoms with E-state index in [1.807, 2.05) is 12.1 Å². The Balaban J connectivity index is 3.15. The number of nitrogens with zero attached hydrogens (tertiary/aromatic N) is 1. The van der Waals surface area contributed by atoms with Gasteiger partial charge in [0.1, 0.15) is 7.11 Å². The fourth-order valence-corrected chi connectivity index (χ4v) is 1.41. The molecule has 0 fully saturated rings. The Labute approximate surface area is 87.1 Å². The molecular formula is C9H9Cl2NO. The predicted octanol–water partition coefficient (Wildman–Crippen LogP) is 3.36. The van der Waals surface area contributed by atoms with E-state index in [0.717, 1.165) is 5.56 Å². The van der Waals surface area contributed by atoms with Crippen molar-refractivity contribution in [3.63, 3.8) is 0 Å². The minimum absolute atomic E-state index is 0.502. The first-order valence-corrected chi connectivity index (χ1v) is 4.44. The van der Waals surface area contributed by atoms with Crippen LogP contribution in [0.5, 0.6) is 0 Å². The van der Waals surface area contributed by atoms with Crippen LogP contribution in [0.15, 0.2) is 23.4 Å². The topological polar surface area (TPSA) is 21.6 Å². The second kappa shape index (κ2) is 4.49. The summed E-state index contributed by atoms with van der Waals surface area (Å²) in [5.41, 5.74) is 1.49. The summed E-state index contributed by atoms with van der Waals surface area (Å²) in [6.45, 7) is 1.81. The van der Waals surface area contributed by atoms with Crippen molar-refractivity contribution in [3.8, 4) is 0 Å². The molecular weight excluding hydrogens is 209 g/mol. The van der Waals surface area contributed by atoms with Crippen LogP contribution in [-0.2, 0) is 4.84 Å². The lowest BCUT2D eigenvalue weighted by Crippen LogP contribution is -1.96. The molecule has 0 aliphatic carbocycles. The normalized spacial score (nSPS) is 11.5. The minimum atomic E-state index is 0.502. The van der Waals surface area contributed by atoms with E-state index in [2.05, 4.69) is 9.99 Å². The molecule has 0 spiro atoms. The lowest BCUT2D eigenvalue weighted by Gasteiger charge is -2.03. The molecule has 0 heterocycles. The van der Waals surface area contributed by atoms with Crippen LogP contribution in [-0.4, -0.2) is 12.8 Å². The molecule has 0 bridgehead atoms. The summed E-state index contributed by atoms with van der Waals surface area (Å²) >= 11 is 11.8. The van der Waals surface area contributed by atoms with Crippen LogP contribution in [0, 0.1) is 0 Å². The maximum atomic E-state index is 5.96. The van der Waals surface area contributed by atoms with Crippen LogP contribution in [0.1, 0.15) is 12.5 Å². The van der Waals surface area contributed by atoms with Crippen LogP contribution >= 0.6 is 23.2 Å². The van der Waals surface area contributed by atoms with Crippen molar-refractivity contribution in [1.82, 2.24) is 0 Å². The van der Waals surface area contributed by atoms with Crippen LogP contribution in [0.3, 0.4) is 0 Å². The molecule has 0 aliphatic heterocycles. The van der Waals surface area contributed by atoms with Crippen molar-refractivity contribution < 1.29 is 4.84 Å². The van der Waals surface area contributed by atoms with E-state index in [1.165, 1.54) is 7.11 Å². The standard InChI is InChI=1S/C9H9Cl2NO/c1-6(12-13-2)7-4-3-5-8(10)9(7)11/h3-5H,1-2H3/b12-6-. The van der Waals surface area contributed by atoms with Crippen molar-refractivity contribution >= 4 is 28.9 Å². The SMILES string of the molecule is CO/N=C(/C)c1cccc(Cl)c1Cl. The lowest BCUT2D eigenvalue weighted by molar-refractivity contribution is 0.213. The van der Waals surface area contributed by atoms with Gasteiger partial charge in [0.15, 0.2) is 0 Å². The molecule has 1 aromatic carbocycles. The Morgan fingerprint density at radius 2 is 2.08 bits per heavy atom. The number of hydrogen-bond donors (Lipinski definition) is 0. The zero-order valence-electron chi connectivity index (χ0n) is 7.34. The van der Waals surface area contributed by atoms with Gasteiger partial charge in [-0.15, -0.1) is 0 Å². The van der Waals surface area contributed by atoms with Gasteiger partial charge in [-0.3, -0.25) is 0 Å². The molecule has 0 N–H and O–H groups in total. The fraction of sp³-hybridized carbons (Fsp3) is 0.222. The summed E-state index contributed by atoms with van der Waals surface area (Å²) in [5.74, 6) is 0. The quantitative estimate of drug-likeness (QED) is 0.550. The van der Waals surface area contributed by atoms with Crippen LogP contribution < -0.4 is 0 Å². The van der Waals surface area contributed by atoms with Crippen LogP contribution in [0.2, 0.25) is 10.0 Å². The highest BCUT2D eigenvalue weighted by molar-refractivity contribution is 6.44. The summed E-state index contributed by atoms with van der Waals surface area (Å²) in [6, 6.07) is 5.39. The van der Waals surface area contributed by atoms with E-state index in [9.17, 15) is 0 Å². The van der Waals surface area contributed by atoms with E-state index >= 15 is 0 Å². The van der Waals surface area contributed by atoms with Crippen molar-refractivity contribution in [2.24, 2.45) is 5.16 Å². The Morgan fingerprint density at radius 3 is 2.69 bits per heavy atom. The van der Waals surface area contributed by atoms with Crippen LogP contribution in [0.4, 0.5) is 0 Å². The van der Waals surface area contributed by atoms with E-state index in [4.69, 9.17) is 23.2 Å². The molecule has 4 heteroatoms. The minimum Gasteiger partial charge on any atom is -0.399 e. The Morgan fingerprint density at radius 1 is 1.38 bits per heavy atom. The molecule has 0 saturated heterocycles. The van der Waals surface area contributed by atoms with Crippen molar-refractivity contribution in [2.45, 2.75) is 6.92 Å². The highest BCUT2D eigenvalue weighted by Crippen LogP contribution is 2.25. The van der Waals surface area contributed by atoms with E-state index in [-0.39, 0.29) is 0 Å². The number of oxime groups is 1. The smallest absolute Gasteiger partial charge is 0.106 e. The van der Waals surface area contributed by atoms with Crippen molar-refractivity contribution in [3.05, 3.63) is 33.8 Å². The zero-order chi connectivity index (χ0) is 9.84. The number of halogens is 2. The first-order chi connectivity index (χ1) is 6.16. The van der Waals surface area contributed by atoms with Crippen molar-refractivity contribution in [1.29, 1.82) is 0 Å². The Hall–Kier alpha value is -0.730. The molecule has 70 valence electrons. The van der Waals surface area contributed by atoms with Gasteiger partial charge >= 0.3 is 0 Å². The second-order valence-corrected chi connectivity index (χ2v) is 3.25. The van der Waals surface area contributed by atoms with Crippen LogP contribution in [0.25, 0.3) is 0 Å². The molecule has 1 aromatic rings. The monoisotopic (exact) mass is 217 g/mol. The first kappa shape index (κ1) is 10.4. The summed E-state index contributed by atoms with van der Waals surface area (Å²) < 4.78 is 0. The highest BCUT2D eigenvalue weighted by atomic mass is 35.5. The molecule has 0 aromatic heterocycles. The molecule has 0 amide bonds. The number of benzene rings is 1. The van der Waals surface area contributed by atoms with Gasteiger partial charge in [0.25, 0.3) is 0 Å². The third-order valence-corrected chi connectivity index (χ3v) is 2.39. The van der Waals surface area contributed by atoms with Gasteiger partial charge in [0, 0.05) is 5.56 Å². The van der Waals surface area contributed by atoms with Gasteiger partial charge in [0.05, 0.1) is 15.8 Å². The average Bonchev–Trinajstić information content (AvgIpc) is 2.10. The molecule has 13 heavy (non-hydrogen) atoms. The van der Waals surface area contributed by atoms with Gasteiger partial charge < -0.3 is 4.84 Å². The summed E-state index contributed by atoms with van der Waals surface area (Å²) in [6.07, 6.45) is 0. The number of hydrogen-bond acceptors (Lipinski definition) is 2. The van der Waals surface area contributed by atoms with E-state index < -0.39 is 0 Å². The summed E-state index contributed by atoms with van der Waals surface area (Å²) in [5, 5.41) is 4.79. The largest absolute Gasteiger partial charge is 0.399 e. The summed E-state index contributed by atoms with van der Waals surface area (Å²) in [4.78, 5) is 4.64. The zero-order valence-corrected chi connectivity index (χ0v) is 8.86. The van der Waals surface area contributed by atoms with Gasteiger partial charge in [-0.25, -0.2) is 0 Å². The predicted molar refractivity (Wildman–Crippen MR) is 55.7 cm³/mol. The molecule has 0 radical (unpaired) electrons. The van der Waals surface area contributed by atoms with Gasteiger partial charge in [-0.1, -0.05) is 40.5 Å². The third-order valence-electron chi connectivity index (χ3n) is 1.57. The molecule has 0 atom stereocenters. The molecule has 1 rings (SSSR count). The molecule has 0 aliphatic rings. The second-order valence-electron chi connectivity index (χ2n) is 2.46. The number of rotatable bonds is 2. The maximum absolute atomic E-state index is 5.96. The third kappa shape index (κ3) is 2.36. The van der Waals surface area contributed by atoms with Gasteiger partial charge in [-0.2, -0.15) is 0 Å². The van der Waals surface area contributed by atoms with E-state index in [1.54, 1.807) is 13.0 Å². The molecule has 0 saturated carbocycles. The molecule has 2 nitrogen and oxygen atoms in total.